The first-order chi connectivity index (χ1) is 11.1. The van der Waals surface area contributed by atoms with E-state index in [-0.39, 0.29) is 11.7 Å². The fourth-order valence-electron chi connectivity index (χ4n) is 1.58. The van der Waals surface area contributed by atoms with Crippen molar-refractivity contribution in [3.63, 3.8) is 0 Å². The predicted molar refractivity (Wildman–Crippen MR) is 93.7 cm³/mol. The predicted octanol–water partition coefficient (Wildman–Crippen LogP) is 3.21. The molecule has 0 unspecified atom stereocenters. The molecule has 1 amide bonds. The van der Waals surface area contributed by atoms with Crippen molar-refractivity contribution in [1.82, 2.24) is 10.2 Å². The van der Waals surface area contributed by atoms with Crippen LogP contribution >= 0.6 is 23.1 Å². The SMILES string of the molecule is CC(C)CNc1nnc(SCC(=O)Nc2ccc(C#N)cc2)s1. The summed E-state index contributed by atoms with van der Waals surface area (Å²) in [6.45, 7) is 5.09. The van der Waals surface area contributed by atoms with E-state index in [2.05, 4.69) is 34.7 Å². The molecular formula is C15H17N5OS2. The zero-order valence-electron chi connectivity index (χ0n) is 12.9. The number of rotatable bonds is 7. The first-order valence-electron chi connectivity index (χ1n) is 7.07. The Morgan fingerprint density at radius 3 is 2.74 bits per heavy atom. The van der Waals surface area contributed by atoms with Gasteiger partial charge in [0.05, 0.1) is 17.4 Å². The van der Waals surface area contributed by atoms with Crippen molar-refractivity contribution in [1.29, 1.82) is 5.26 Å². The van der Waals surface area contributed by atoms with Gasteiger partial charge in [-0.15, -0.1) is 10.2 Å². The maximum Gasteiger partial charge on any atom is 0.234 e. The number of benzene rings is 1. The summed E-state index contributed by atoms with van der Waals surface area (Å²) < 4.78 is 0.756. The van der Waals surface area contributed by atoms with E-state index in [0.29, 0.717) is 17.2 Å². The lowest BCUT2D eigenvalue weighted by atomic mass is 10.2. The van der Waals surface area contributed by atoms with Crippen LogP contribution in [0.5, 0.6) is 0 Å². The number of carbonyl (C=O) groups is 1. The lowest BCUT2D eigenvalue weighted by Gasteiger charge is -2.04. The molecule has 0 aliphatic carbocycles. The lowest BCUT2D eigenvalue weighted by Crippen LogP contribution is -2.13. The third-order valence-corrected chi connectivity index (χ3v) is 4.71. The number of nitrogens with zero attached hydrogens (tertiary/aromatic N) is 3. The van der Waals surface area contributed by atoms with Crippen molar-refractivity contribution < 1.29 is 4.79 Å². The quantitative estimate of drug-likeness (QED) is 0.747. The summed E-state index contributed by atoms with van der Waals surface area (Å²) in [6, 6.07) is 8.79. The molecule has 0 atom stereocenters. The number of carbonyl (C=O) groups excluding carboxylic acids is 1. The van der Waals surface area contributed by atoms with Gasteiger partial charge in [-0.05, 0) is 30.2 Å². The molecular weight excluding hydrogens is 330 g/mol. The number of hydrogen-bond acceptors (Lipinski definition) is 7. The molecule has 120 valence electrons. The van der Waals surface area contributed by atoms with Crippen LogP contribution in [0, 0.1) is 17.2 Å². The van der Waals surface area contributed by atoms with Crippen LogP contribution in [0.25, 0.3) is 0 Å². The average molecular weight is 347 g/mol. The first kappa shape index (κ1) is 17.2. The molecule has 0 aliphatic heterocycles. The highest BCUT2D eigenvalue weighted by atomic mass is 32.2. The maximum atomic E-state index is 11.9. The van der Waals surface area contributed by atoms with Crippen molar-refractivity contribution in [3.8, 4) is 6.07 Å². The van der Waals surface area contributed by atoms with Gasteiger partial charge in [0, 0.05) is 12.2 Å². The van der Waals surface area contributed by atoms with Crippen LogP contribution in [0.4, 0.5) is 10.8 Å². The smallest absolute Gasteiger partial charge is 0.234 e. The van der Waals surface area contributed by atoms with Gasteiger partial charge in [0.1, 0.15) is 0 Å². The third-order valence-electron chi connectivity index (χ3n) is 2.69. The summed E-state index contributed by atoms with van der Waals surface area (Å²) in [5.41, 5.74) is 1.24. The van der Waals surface area contributed by atoms with Gasteiger partial charge in [-0.2, -0.15) is 5.26 Å². The van der Waals surface area contributed by atoms with E-state index in [1.54, 1.807) is 24.3 Å². The van der Waals surface area contributed by atoms with Crippen LogP contribution in [0.15, 0.2) is 28.6 Å². The minimum absolute atomic E-state index is 0.119. The molecule has 1 aromatic carbocycles. The summed E-state index contributed by atoms with van der Waals surface area (Å²) in [4.78, 5) is 11.9. The second-order valence-electron chi connectivity index (χ2n) is 5.17. The molecule has 0 spiro atoms. The average Bonchev–Trinajstić information content (AvgIpc) is 3.00. The number of nitriles is 1. The van der Waals surface area contributed by atoms with Crippen LogP contribution in [0.3, 0.4) is 0 Å². The molecule has 2 rings (SSSR count). The van der Waals surface area contributed by atoms with Crippen molar-refractivity contribution >= 4 is 39.8 Å². The summed E-state index contributed by atoms with van der Waals surface area (Å²) in [5, 5.41) is 23.6. The van der Waals surface area contributed by atoms with E-state index >= 15 is 0 Å². The number of hydrogen-bond donors (Lipinski definition) is 2. The van der Waals surface area contributed by atoms with Crippen molar-refractivity contribution in [2.24, 2.45) is 5.92 Å². The summed E-state index contributed by atoms with van der Waals surface area (Å²) in [6.07, 6.45) is 0. The highest BCUT2D eigenvalue weighted by Crippen LogP contribution is 2.25. The normalized spacial score (nSPS) is 10.3. The van der Waals surface area contributed by atoms with Gasteiger partial charge in [0.2, 0.25) is 11.0 Å². The molecule has 0 fully saturated rings. The van der Waals surface area contributed by atoms with Gasteiger partial charge < -0.3 is 10.6 Å². The Balaban J connectivity index is 1.78. The van der Waals surface area contributed by atoms with Crippen LogP contribution < -0.4 is 10.6 Å². The Hall–Kier alpha value is -2.11. The van der Waals surface area contributed by atoms with Crippen LogP contribution in [-0.4, -0.2) is 28.4 Å². The standard InChI is InChI=1S/C15H17N5OS2/c1-10(2)8-17-14-19-20-15(23-14)22-9-13(21)18-12-5-3-11(7-16)4-6-12/h3-6,10H,8-9H2,1-2H3,(H,17,19)(H,18,21). The van der Waals surface area contributed by atoms with Gasteiger partial charge in [-0.25, -0.2) is 0 Å². The van der Waals surface area contributed by atoms with E-state index in [0.717, 1.165) is 16.0 Å². The van der Waals surface area contributed by atoms with Gasteiger partial charge in [0.15, 0.2) is 4.34 Å². The number of thioether (sulfide) groups is 1. The summed E-state index contributed by atoms with van der Waals surface area (Å²) >= 11 is 2.79. The fourth-order valence-corrected chi connectivity index (χ4v) is 3.14. The second-order valence-corrected chi connectivity index (χ2v) is 7.37. The summed E-state index contributed by atoms with van der Waals surface area (Å²) in [5.74, 6) is 0.679. The Kier molecular flexibility index (Phi) is 6.38. The molecule has 8 heteroatoms. The lowest BCUT2D eigenvalue weighted by molar-refractivity contribution is -0.113. The highest BCUT2D eigenvalue weighted by molar-refractivity contribution is 8.01. The zero-order valence-corrected chi connectivity index (χ0v) is 14.5. The van der Waals surface area contributed by atoms with Crippen molar-refractivity contribution in [2.75, 3.05) is 22.9 Å². The molecule has 0 aliphatic rings. The number of anilines is 2. The number of aromatic nitrogens is 2. The molecule has 2 N–H and O–H groups in total. The van der Waals surface area contributed by atoms with Crippen LogP contribution in [0.1, 0.15) is 19.4 Å². The highest BCUT2D eigenvalue weighted by Gasteiger charge is 2.09. The van der Waals surface area contributed by atoms with Crippen molar-refractivity contribution in [2.45, 2.75) is 18.2 Å². The molecule has 2 aromatic rings. The maximum absolute atomic E-state index is 11.9. The Labute approximate surface area is 143 Å². The van der Waals surface area contributed by atoms with E-state index in [9.17, 15) is 4.79 Å². The Bertz CT molecular complexity index is 691. The first-order valence-corrected chi connectivity index (χ1v) is 8.87. The molecule has 0 radical (unpaired) electrons. The van der Waals surface area contributed by atoms with Gasteiger partial charge in [-0.1, -0.05) is 36.9 Å². The largest absolute Gasteiger partial charge is 0.360 e. The van der Waals surface area contributed by atoms with Gasteiger partial charge in [-0.3, -0.25) is 4.79 Å². The van der Waals surface area contributed by atoms with Crippen LogP contribution in [-0.2, 0) is 4.79 Å². The minimum Gasteiger partial charge on any atom is -0.360 e. The zero-order chi connectivity index (χ0) is 16.7. The van der Waals surface area contributed by atoms with E-state index in [4.69, 9.17) is 5.26 Å². The number of nitrogens with one attached hydrogen (secondary N) is 2. The molecule has 6 nitrogen and oxygen atoms in total. The monoisotopic (exact) mass is 347 g/mol. The topological polar surface area (TPSA) is 90.7 Å². The van der Waals surface area contributed by atoms with Crippen LogP contribution in [0.2, 0.25) is 0 Å². The molecule has 1 heterocycles. The number of amides is 1. The van der Waals surface area contributed by atoms with Gasteiger partial charge >= 0.3 is 0 Å². The fraction of sp³-hybridized carbons (Fsp3) is 0.333. The van der Waals surface area contributed by atoms with Gasteiger partial charge in [0.25, 0.3) is 0 Å². The molecule has 0 bridgehead atoms. The second kappa shape index (κ2) is 8.50. The summed E-state index contributed by atoms with van der Waals surface area (Å²) in [7, 11) is 0. The minimum atomic E-state index is -0.119. The van der Waals surface area contributed by atoms with Crippen molar-refractivity contribution in [3.05, 3.63) is 29.8 Å². The molecule has 1 aromatic heterocycles. The van der Waals surface area contributed by atoms with E-state index in [1.165, 1.54) is 23.1 Å². The molecule has 0 saturated carbocycles. The molecule has 23 heavy (non-hydrogen) atoms. The Morgan fingerprint density at radius 1 is 1.35 bits per heavy atom. The third kappa shape index (κ3) is 5.88. The van der Waals surface area contributed by atoms with E-state index in [1.807, 2.05) is 6.07 Å². The molecule has 0 saturated heterocycles. The van der Waals surface area contributed by atoms with E-state index < -0.39 is 0 Å². The Morgan fingerprint density at radius 2 is 2.09 bits per heavy atom.